The SMILES string of the molecule is Cc1nccc(CNC2CC(C)c3c(C)ccc(O)c32)n1. The summed E-state index contributed by atoms with van der Waals surface area (Å²) in [5.74, 6) is 1.65. The molecule has 3 rings (SSSR count). The Kier molecular flexibility index (Phi) is 3.64. The van der Waals surface area contributed by atoms with Gasteiger partial charge in [0.05, 0.1) is 5.69 Å². The van der Waals surface area contributed by atoms with Gasteiger partial charge in [0.25, 0.3) is 0 Å². The normalized spacial score (nSPS) is 20.5. The van der Waals surface area contributed by atoms with Crippen LogP contribution in [0.2, 0.25) is 0 Å². The van der Waals surface area contributed by atoms with Crippen molar-refractivity contribution in [3.05, 3.63) is 52.6 Å². The van der Waals surface area contributed by atoms with Gasteiger partial charge in [0.1, 0.15) is 11.6 Å². The fourth-order valence-corrected chi connectivity index (χ4v) is 3.36. The van der Waals surface area contributed by atoms with E-state index in [1.807, 2.05) is 19.1 Å². The highest BCUT2D eigenvalue weighted by Crippen LogP contribution is 2.45. The zero-order valence-electron chi connectivity index (χ0n) is 12.7. The van der Waals surface area contributed by atoms with Crippen LogP contribution in [0.5, 0.6) is 5.75 Å². The third-order valence-electron chi connectivity index (χ3n) is 4.28. The Balaban J connectivity index is 1.82. The Hall–Kier alpha value is -1.94. The lowest BCUT2D eigenvalue weighted by Crippen LogP contribution is -2.20. The number of nitrogens with one attached hydrogen (secondary N) is 1. The summed E-state index contributed by atoms with van der Waals surface area (Å²) in [6.45, 7) is 6.92. The second-order valence-electron chi connectivity index (χ2n) is 5.89. The first-order chi connectivity index (χ1) is 10.1. The van der Waals surface area contributed by atoms with Gasteiger partial charge in [-0.3, -0.25) is 0 Å². The number of rotatable bonds is 3. The molecule has 0 spiro atoms. The molecule has 4 heteroatoms. The Morgan fingerprint density at radius 1 is 1.24 bits per heavy atom. The van der Waals surface area contributed by atoms with E-state index in [-0.39, 0.29) is 6.04 Å². The molecule has 21 heavy (non-hydrogen) atoms. The summed E-state index contributed by atoms with van der Waals surface area (Å²) in [6, 6.07) is 5.91. The van der Waals surface area contributed by atoms with Crippen molar-refractivity contribution in [1.29, 1.82) is 0 Å². The molecule has 1 aromatic carbocycles. The number of nitrogens with zero attached hydrogens (tertiary/aromatic N) is 2. The van der Waals surface area contributed by atoms with Crippen LogP contribution in [-0.2, 0) is 6.54 Å². The second-order valence-corrected chi connectivity index (χ2v) is 5.89. The summed E-state index contributed by atoms with van der Waals surface area (Å²) in [5.41, 5.74) is 4.60. The average Bonchev–Trinajstić information content (AvgIpc) is 2.79. The third-order valence-corrected chi connectivity index (χ3v) is 4.28. The first-order valence-corrected chi connectivity index (χ1v) is 7.40. The Morgan fingerprint density at radius 2 is 2.05 bits per heavy atom. The number of phenolic OH excluding ortho intramolecular Hbond substituents is 1. The van der Waals surface area contributed by atoms with Gasteiger partial charge < -0.3 is 10.4 Å². The molecule has 1 heterocycles. The van der Waals surface area contributed by atoms with Crippen LogP contribution in [0.1, 0.15) is 53.5 Å². The molecule has 2 atom stereocenters. The van der Waals surface area contributed by atoms with E-state index in [1.54, 1.807) is 12.3 Å². The summed E-state index contributed by atoms with van der Waals surface area (Å²) in [4.78, 5) is 8.53. The lowest BCUT2D eigenvalue weighted by molar-refractivity contribution is 0.444. The highest BCUT2D eigenvalue weighted by atomic mass is 16.3. The molecule has 2 unspecified atom stereocenters. The third kappa shape index (κ3) is 2.63. The monoisotopic (exact) mass is 283 g/mol. The van der Waals surface area contributed by atoms with Crippen molar-refractivity contribution in [2.75, 3.05) is 0 Å². The molecule has 0 amide bonds. The van der Waals surface area contributed by atoms with Crippen LogP contribution < -0.4 is 5.32 Å². The lowest BCUT2D eigenvalue weighted by atomic mass is 9.97. The average molecular weight is 283 g/mol. The van der Waals surface area contributed by atoms with E-state index in [4.69, 9.17) is 0 Å². The molecule has 0 radical (unpaired) electrons. The molecule has 110 valence electrons. The first-order valence-electron chi connectivity index (χ1n) is 7.40. The van der Waals surface area contributed by atoms with Gasteiger partial charge in [0.15, 0.2) is 0 Å². The number of aromatic hydroxyl groups is 1. The van der Waals surface area contributed by atoms with E-state index < -0.39 is 0 Å². The van der Waals surface area contributed by atoms with Crippen molar-refractivity contribution in [3.63, 3.8) is 0 Å². The number of benzene rings is 1. The van der Waals surface area contributed by atoms with Crippen molar-refractivity contribution < 1.29 is 5.11 Å². The van der Waals surface area contributed by atoms with Crippen LogP contribution in [-0.4, -0.2) is 15.1 Å². The minimum Gasteiger partial charge on any atom is -0.508 e. The summed E-state index contributed by atoms with van der Waals surface area (Å²) in [6.07, 6.45) is 2.80. The highest BCUT2D eigenvalue weighted by Gasteiger charge is 2.31. The summed E-state index contributed by atoms with van der Waals surface area (Å²) >= 11 is 0. The molecule has 0 saturated carbocycles. The van der Waals surface area contributed by atoms with Gasteiger partial charge in [-0.1, -0.05) is 13.0 Å². The molecule has 1 aliphatic carbocycles. The van der Waals surface area contributed by atoms with Gasteiger partial charge in [0.2, 0.25) is 0 Å². The Labute approximate surface area is 125 Å². The van der Waals surface area contributed by atoms with Crippen molar-refractivity contribution in [1.82, 2.24) is 15.3 Å². The summed E-state index contributed by atoms with van der Waals surface area (Å²) in [5, 5.41) is 13.7. The molecule has 0 fully saturated rings. The first kappa shape index (κ1) is 14.0. The number of aryl methyl sites for hydroxylation is 2. The standard InChI is InChI=1S/C17H21N3O/c1-10-4-5-15(21)17-14(8-11(2)16(10)17)19-9-13-6-7-18-12(3)20-13/h4-7,11,14,19,21H,8-9H2,1-3H3. The lowest BCUT2D eigenvalue weighted by Gasteiger charge is -2.15. The Bertz CT molecular complexity index is 669. The molecular formula is C17H21N3O. The number of phenols is 1. The van der Waals surface area contributed by atoms with E-state index in [1.165, 1.54) is 11.1 Å². The largest absolute Gasteiger partial charge is 0.508 e. The van der Waals surface area contributed by atoms with Gasteiger partial charge in [0, 0.05) is 24.3 Å². The van der Waals surface area contributed by atoms with Gasteiger partial charge >= 0.3 is 0 Å². The van der Waals surface area contributed by atoms with Gasteiger partial charge in [-0.2, -0.15) is 0 Å². The molecule has 2 aromatic rings. The predicted molar refractivity (Wildman–Crippen MR) is 82.2 cm³/mol. The van der Waals surface area contributed by atoms with Gasteiger partial charge in [-0.25, -0.2) is 9.97 Å². The molecule has 1 aliphatic rings. The Morgan fingerprint density at radius 3 is 2.81 bits per heavy atom. The van der Waals surface area contributed by atoms with E-state index in [9.17, 15) is 5.11 Å². The smallest absolute Gasteiger partial charge is 0.125 e. The molecule has 2 N–H and O–H groups in total. The number of fused-ring (bicyclic) bond motifs is 1. The molecule has 0 bridgehead atoms. The number of aromatic nitrogens is 2. The second kappa shape index (κ2) is 5.45. The van der Waals surface area contributed by atoms with E-state index in [2.05, 4.69) is 29.1 Å². The maximum atomic E-state index is 10.2. The van der Waals surface area contributed by atoms with Crippen LogP contribution in [0, 0.1) is 13.8 Å². The van der Waals surface area contributed by atoms with Crippen molar-refractivity contribution in [2.45, 2.75) is 45.7 Å². The predicted octanol–water partition coefficient (Wildman–Crippen LogP) is 3.14. The van der Waals surface area contributed by atoms with Crippen molar-refractivity contribution in [3.8, 4) is 5.75 Å². The molecule has 4 nitrogen and oxygen atoms in total. The van der Waals surface area contributed by atoms with Crippen LogP contribution >= 0.6 is 0 Å². The molecule has 1 aromatic heterocycles. The van der Waals surface area contributed by atoms with E-state index >= 15 is 0 Å². The zero-order valence-corrected chi connectivity index (χ0v) is 12.7. The quantitative estimate of drug-likeness (QED) is 0.908. The minimum atomic E-state index is 0.185. The summed E-state index contributed by atoms with van der Waals surface area (Å²) in [7, 11) is 0. The number of hydrogen-bond donors (Lipinski definition) is 2. The van der Waals surface area contributed by atoms with E-state index in [0.29, 0.717) is 18.2 Å². The van der Waals surface area contributed by atoms with Crippen molar-refractivity contribution >= 4 is 0 Å². The topological polar surface area (TPSA) is 58.0 Å². The van der Waals surface area contributed by atoms with Crippen LogP contribution in [0.15, 0.2) is 24.4 Å². The van der Waals surface area contributed by atoms with Crippen LogP contribution in [0.3, 0.4) is 0 Å². The highest BCUT2D eigenvalue weighted by molar-refractivity contribution is 5.50. The summed E-state index contributed by atoms with van der Waals surface area (Å²) < 4.78 is 0. The zero-order chi connectivity index (χ0) is 15.0. The number of hydrogen-bond acceptors (Lipinski definition) is 4. The minimum absolute atomic E-state index is 0.185. The molecule has 0 aliphatic heterocycles. The molecule has 0 saturated heterocycles. The van der Waals surface area contributed by atoms with Gasteiger partial charge in [-0.05, 0) is 49.4 Å². The fraction of sp³-hybridized carbons (Fsp3) is 0.412. The van der Waals surface area contributed by atoms with E-state index in [0.717, 1.165) is 23.5 Å². The maximum absolute atomic E-state index is 10.2. The van der Waals surface area contributed by atoms with Crippen molar-refractivity contribution in [2.24, 2.45) is 0 Å². The van der Waals surface area contributed by atoms with Crippen LogP contribution in [0.25, 0.3) is 0 Å². The fourth-order valence-electron chi connectivity index (χ4n) is 3.36. The van der Waals surface area contributed by atoms with Crippen LogP contribution in [0.4, 0.5) is 0 Å². The van der Waals surface area contributed by atoms with Gasteiger partial charge in [-0.15, -0.1) is 0 Å². The molecular weight excluding hydrogens is 262 g/mol. The maximum Gasteiger partial charge on any atom is 0.125 e.